The maximum Gasteiger partial charge on any atom is 0.253 e. The van der Waals surface area contributed by atoms with Crippen molar-refractivity contribution >= 4 is 29.5 Å². The molecule has 6 heteroatoms. The first-order valence-corrected chi connectivity index (χ1v) is 6.74. The van der Waals surface area contributed by atoms with Crippen LogP contribution >= 0.6 is 11.8 Å². The van der Waals surface area contributed by atoms with Gasteiger partial charge in [-0.1, -0.05) is 0 Å². The molecule has 0 bridgehead atoms. The topological polar surface area (TPSA) is 57.7 Å². The molecule has 5 nitrogen and oxygen atoms in total. The maximum atomic E-state index is 11.6. The summed E-state index contributed by atoms with van der Waals surface area (Å²) in [5, 5.41) is 0.339. The molecule has 0 aromatic carbocycles. The van der Waals surface area contributed by atoms with Crippen LogP contribution in [0.2, 0.25) is 0 Å². The van der Waals surface area contributed by atoms with Crippen LogP contribution in [0.1, 0.15) is 6.42 Å². The van der Waals surface area contributed by atoms with Crippen molar-refractivity contribution in [2.75, 3.05) is 25.9 Å². The number of carbonyl (C=O) groups excluding carboxylic acids is 3. The second-order valence-corrected chi connectivity index (χ2v) is 5.20. The van der Waals surface area contributed by atoms with Gasteiger partial charge < -0.3 is 4.90 Å². The highest BCUT2D eigenvalue weighted by atomic mass is 32.2. The number of hydrogen-bond acceptors (Lipinski definition) is 4. The number of nitrogens with zero attached hydrogens (tertiary/aromatic N) is 2. The maximum absolute atomic E-state index is 11.6. The summed E-state index contributed by atoms with van der Waals surface area (Å²) in [5.74, 6) is -0.470. The first-order valence-electron chi connectivity index (χ1n) is 5.46. The van der Waals surface area contributed by atoms with E-state index in [9.17, 15) is 14.4 Å². The molecule has 92 valence electrons. The van der Waals surface area contributed by atoms with Crippen molar-refractivity contribution in [2.24, 2.45) is 0 Å². The van der Waals surface area contributed by atoms with E-state index in [1.165, 1.54) is 17.1 Å². The lowest BCUT2D eigenvalue weighted by atomic mass is 10.4. The predicted molar refractivity (Wildman–Crippen MR) is 64.4 cm³/mol. The summed E-state index contributed by atoms with van der Waals surface area (Å²) in [5.41, 5.74) is 0. The fraction of sp³-hybridized carbons (Fsp3) is 0.545. The normalized spacial score (nSPS) is 24.3. The Bertz CT molecular complexity index is 376. The van der Waals surface area contributed by atoms with Crippen molar-refractivity contribution in [2.45, 2.75) is 11.7 Å². The van der Waals surface area contributed by atoms with Gasteiger partial charge in [0.2, 0.25) is 5.91 Å². The van der Waals surface area contributed by atoms with E-state index in [2.05, 4.69) is 0 Å². The smallest absolute Gasteiger partial charge is 0.253 e. The minimum absolute atomic E-state index is 0.108. The zero-order valence-corrected chi connectivity index (χ0v) is 10.4. The van der Waals surface area contributed by atoms with Crippen LogP contribution in [0.25, 0.3) is 0 Å². The van der Waals surface area contributed by atoms with Gasteiger partial charge in [-0.3, -0.25) is 19.3 Å². The van der Waals surface area contributed by atoms with Gasteiger partial charge in [0, 0.05) is 43.5 Å². The third-order valence-electron chi connectivity index (χ3n) is 3.01. The van der Waals surface area contributed by atoms with Gasteiger partial charge in [0.15, 0.2) is 0 Å². The van der Waals surface area contributed by atoms with Crippen LogP contribution in [-0.2, 0) is 14.4 Å². The molecule has 1 saturated heterocycles. The molecule has 2 heterocycles. The Kier molecular flexibility index (Phi) is 3.51. The van der Waals surface area contributed by atoms with E-state index in [0.29, 0.717) is 24.8 Å². The van der Waals surface area contributed by atoms with E-state index in [4.69, 9.17) is 0 Å². The molecule has 3 amide bonds. The zero-order valence-electron chi connectivity index (χ0n) is 9.59. The highest BCUT2D eigenvalue weighted by Gasteiger charge is 2.30. The fourth-order valence-electron chi connectivity index (χ4n) is 1.98. The van der Waals surface area contributed by atoms with Crippen LogP contribution in [0.4, 0.5) is 0 Å². The molecule has 2 rings (SSSR count). The van der Waals surface area contributed by atoms with Crippen LogP contribution in [0, 0.1) is 0 Å². The summed E-state index contributed by atoms with van der Waals surface area (Å²) < 4.78 is 0. The second kappa shape index (κ2) is 4.91. The van der Waals surface area contributed by atoms with Gasteiger partial charge in [-0.15, -0.1) is 0 Å². The van der Waals surface area contributed by atoms with Gasteiger partial charge in [-0.25, -0.2) is 0 Å². The number of imide groups is 1. The quantitative estimate of drug-likeness (QED) is 0.656. The number of thioether (sulfide) groups is 1. The van der Waals surface area contributed by atoms with Gasteiger partial charge in [0.25, 0.3) is 11.8 Å². The van der Waals surface area contributed by atoms with Crippen molar-refractivity contribution in [3.63, 3.8) is 0 Å². The Labute approximate surface area is 104 Å². The standard InChI is InChI=1S/C11H14N2O3S/c1-17-8-6-11(16)12(7-8)4-5-13-9(14)2-3-10(13)15/h2-3,8H,4-7H2,1H3. The van der Waals surface area contributed by atoms with Gasteiger partial charge in [0.1, 0.15) is 0 Å². The molecule has 1 fully saturated rings. The summed E-state index contributed by atoms with van der Waals surface area (Å²) in [4.78, 5) is 37.1. The highest BCUT2D eigenvalue weighted by Crippen LogP contribution is 2.21. The second-order valence-electron chi connectivity index (χ2n) is 4.06. The lowest BCUT2D eigenvalue weighted by molar-refractivity contribution is -0.138. The number of amides is 3. The van der Waals surface area contributed by atoms with Crippen LogP contribution in [0.15, 0.2) is 12.2 Å². The molecule has 2 aliphatic heterocycles. The summed E-state index contributed by atoms with van der Waals surface area (Å²) >= 11 is 1.68. The predicted octanol–water partition coefficient (Wildman–Crippen LogP) is -0.125. The first-order chi connectivity index (χ1) is 8.11. The van der Waals surface area contributed by atoms with E-state index in [1.807, 2.05) is 6.26 Å². The summed E-state index contributed by atoms with van der Waals surface area (Å²) in [6.45, 7) is 1.44. The van der Waals surface area contributed by atoms with Crippen LogP contribution in [-0.4, -0.2) is 58.7 Å². The van der Waals surface area contributed by atoms with Crippen molar-refractivity contribution in [1.82, 2.24) is 9.80 Å². The Balaban J connectivity index is 1.85. The summed E-state index contributed by atoms with van der Waals surface area (Å²) in [7, 11) is 0. The molecule has 17 heavy (non-hydrogen) atoms. The van der Waals surface area contributed by atoms with E-state index in [1.54, 1.807) is 16.7 Å². The average molecular weight is 254 g/mol. The largest absolute Gasteiger partial charge is 0.340 e. The summed E-state index contributed by atoms with van der Waals surface area (Å²) in [6.07, 6.45) is 5.07. The molecule has 0 spiro atoms. The lowest BCUT2D eigenvalue weighted by Crippen LogP contribution is -2.39. The zero-order chi connectivity index (χ0) is 12.4. The third-order valence-corrected chi connectivity index (χ3v) is 3.99. The number of likely N-dealkylation sites (tertiary alicyclic amines) is 1. The SMILES string of the molecule is CSC1CC(=O)N(CCN2C(=O)C=CC2=O)C1. The average Bonchev–Trinajstić information content (AvgIpc) is 2.81. The molecule has 0 aliphatic carbocycles. The van der Waals surface area contributed by atoms with Crippen molar-refractivity contribution in [1.29, 1.82) is 0 Å². The van der Waals surface area contributed by atoms with Gasteiger partial charge in [0.05, 0.1) is 0 Å². The van der Waals surface area contributed by atoms with Gasteiger partial charge >= 0.3 is 0 Å². The molecular weight excluding hydrogens is 240 g/mol. The molecular formula is C11H14N2O3S. The molecule has 0 saturated carbocycles. The minimum atomic E-state index is -0.289. The van der Waals surface area contributed by atoms with Crippen molar-refractivity contribution in [3.05, 3.63) is 12.2 Å². The molecule has 0 N–H and O–H groups in total. The van der Waals surface area contributed by atoms with Crippen LogP contribution < -0.4 is 0 Å². The van der Waals surface area contributed by atoms with Gasteiger partial charge in [-0.05, 0) is 6.26 Å². The monoisotopic (exact) mass is 254 g/mol. The molecule has 0 radical (unpaired) electrons. The molecule has 1 unspecified atom stereocenters. The van der Waals surface area contributed by atoms with Crippen molar-refractivity contribution in [3.8, 4) is 0 Å². The number of carbonyl (C=O) groups is 3. The number of rotatable bonds is 4. The van der Waals surface area contributed by atoms with Crippen molar-refractivity contribution < 1.29 is 14.4 Å². The van der Waals surface area contributed by atoms with E-state index in [0.717, 1.165) is 0 Å². The molecule has 0 aromatic rings. The van der Waals surface area contributed by atoms with Crippen LogP contribution in [0.5, 0.6) is 0 Å². The minimum Gasteiger partial charge on any atom is -0.340 e. The Morgan fingerprint density at radius 1 is 1.24 bits per heavy atom. The molecule has 1 atom stereocenters. The highest BCUT2D eigenvalue weighted by molar-refractivity contribution is 7.99. The fourth-order valence-corrected chi connectivity index (χ4v) is 2.62. The van der Waals surface area contributed by atoms with E-state index in [-0.39, 0.29) is 24.3 Å². The molecule has 0 aromatic heterocycles. The summed E-state index contributed by atoms with van der Waals surface area (Å²) in [6, 6.07) is 0. The molecule has 2 aliphatic rings. The Morgan fingerprint density at radius 2 is 1.88 bits per heavy atom. The lowest BCUT2D eigenvalue weighted by Gasteiger charge is -2.20. The van der Waals surface area contributed by atoms with Gasteiger partial charge in [-0.2, -0.15) is 11.8 Å². The Morgan fingerprint density at radius 3 is 2.41 bits per heavy atom. The first kappa shape index (κ1) is 12.2. The third kappa shape index (κ3) is 2.52. The Hall–Kier alpha value is -1.30. The van der Waals surface area contributed by atoms with E-state index >= 15 is 0 Å². The number of hydrogen-bond donors (Lipinski definition) is 0. The van der Waals surface area contributed by atoms with Crippen LogP contribution in [0.3, 0.4) is 0 Å². The van der Waals surface area contributed by atoms with E-state index < -0.39 is 0 Å².